The molecule has 0 unspecified atom stereocenters. The minimum Gasteiger partial charge on any atom is -0.492 e. The van der Waals surface area contributed by atoms with Crippen LogP contribution in [0.1, 0.15) is 24.0 Å². The van der Waals surface area contributed by atoms with Crippen molar-refractivity contribution in [2.75, 3.05) is 20.2 Å². The number of hydrogen-bond donors (Lipinski definition) is 2. The van der Waals surface area contributed by atoms with Crippen LogP contribution in [0.4, 0.5) is 26.3 Å². The van der Waals surface area contributed by atoms with Crippen molar-refractivity contribution in [1.29, 1.82) is 0 Å². The summed E-state index contributed by atoms with van der Waals surface area (Å²) in [5.74, 6) is 0.449. The lowest BCUT2D eigenvalue weighted by molar-refractivity contribution is -0.138. The molecule has 3 nitrogen and oxygen atoms in total. The summed E-state index contributed by atoms with van der Waals surface area (Å²) < 4.78 is 83.8. The number of benzene rings is 3. The Kier molecular flexibility index (Phi) is 8.45. The Morgan fingerprint density at radius 1 is 0.743 bits per heavy atom. The van der Waals surface area contributed by atoms with Gasteiger partial charge in [0.2, 0.25) is 0 Å². The molecule has 0 aliphatic heterocycles. The molecule has 1 atom stereocenters. The molecule has 0 heterocycles. The average Bonchev–Trinajstić information content (AvgIpc) is 2.83. The molecule has 0 saturated heterocycles. The number of nitrogens with two attached hydrogens (primary N) is 1. The van der Waals surface area contributed by atoms with Crippen molar-refractivity contribution >= 4 is 0 Å². The van der Waals surface area contributed by atoms with Gasteiger partial charge in [-0.25, -0.2) is 0 Å². The fraction of sp³-hybridized carbons (Fsp3) is 0.308. The zero-order valence-electron chi connectivity index (χ0n) is 19.0. The molecule has 0 fully saturated rings. The quantitative estimate of drug-likeness (QED) is 0.322. The molecule has 0 spiro atoms. The van der Waals surface area contributed by atoms with E-state index in [0.717, 1.165) is 37.1 Å². The van der Waals surface area contributed by atoms with Crippen LogP contribution in [0.25, 0.3) is 22.3 Å². The highest BCUT2D eigenvalue weighted by Gasteiger charge is 2.31. The fourth-order valence-electron chi connectivity index (χ4n) is 3.59. The number of halogens is 6. The number of nitrogens with one attached hydrogen (secondary N) is 1. The molecule has 0 radical (unpaired) electrons. The van der Waals surface area contributed by atoms with Crippen molar-refractivity contribution in [1.82, 2.24) is 5.32 Å². The molecule has 3 N–H and O–H groups in total. The molecule has 0 aliphatic carbocycles. The lowest BCUT2D eigenvalue weighted by Crippen LogP contribution is -2.32. The summed E-state index contributed by atoms with van der Waals surface area (Å²) in [7, 11) is 1.80. The van der Waals surface area contributed by atoms with Gasteiger partial charge in [0, 0.05) is 6.04 Å². The minimum atomic E-state index is -4.46. The Bertz CT molecular complexity index is 1020. The molecule has 0 aliphatic rings. The van der Waals surface area contributed by atoms with Crippen LogP contribution >= 0.6 is 0 Å². The van der Waals surface area contributed by atoms with Crippen LogP contribution < -0.4 is 15.8 Å². The summed E-state index contributed by atoms with van der Waals surface area (Å²) in [6, 6.07) is 14.5. The van der Waals surface area contributed by atoms with Crippen LogP contribution in [0.5, 0.6) is 5.75 Å². The van der Waals surface area contributed by atoms with Gasteiger partial charge in [-0.15, -0.1) is 0 Å². The van der Waals surface area contributed by atoms with Gasteiger partial charge >= 0.3 is 12.4 Å². The van der Waals surface area contributed by atoms with Crippen LogP contribution in [0.2, 0.25) is 0 Å². The zero-order valence-corrected chi connectivity index (χ0v) is 19.0. The maximum atomic E-state index is 13.0. The summed E-state index contributed by atoms with van der Waals surface area (Å²) in [4.78, 5) is 0. The van der Waals surface area contributed by atoms with Crippen LogP contribution in [0.15, 0.2) is 66.7 Å². The number of alkyl halides is 6. The van der Waals surface area contributed by atoms with Crippen LogP contribution in [-0.2, 0) is 12.4 Å². The monoisotopic (exact) mass is 496 g/mol. The maximum absolute atomic E-state index is 13.0. The van der Waals surface area contributed by atoms with Gasteiger partial charge in [0.15, 0.2) is 0 Å². The number of rotatable bonds is 9. The molecule has 35 heavy (non-hydrogen) atoms. The lowest BCUT2D eigenvalue weighted by atomic mass is 9.97. The van der Waals surface area contributed by atoms with E-state index < -0.39 is 23.5 Å². The van der Waals surface area contributed by atoms with Crippen molar-refractivity contribution in [2.24, 2.45) is 5.73 Å². The van der Waals surface area contributed by atoms with E-state index in [1.807, 2.05) is 0 Å². The molecule has 3 aromatic rings. The molecule has 188 valence electrons. The summed E-state index contributed by atoms with van der Waals surface area (Å²) in [6.07, 6.45) is -7.32. The van der Waals surface area contributed by atoms with E-state index in [-0.39, 0.29) is 6.04 Å². The van der Waals surface area contributed by atoms with Crippen molar-refractivity contribution in [3.8, 4) is 28.0 Å². The van der Waals surface area contributed by atoms with Gasteiger partial charge < -0.3 is 15.8 Å². The second kappa shape index (κ2) is 11.1. The van der Waals surface area contributed by atoms with Crippen LogP contribution in [-0.4, -0.2) is 26.2 Å². The van der Waals surface area contributed by atoms with Gasteiger partial charge in [0.05, 0.1) is 11.1 Å². The van der Waals surface area contributed by atoms with Gasteiger partial charge in [-0.1, -0.05) is 24.3 Å². The average molecular weight is 496 g/mol. The van der Waals surface area contributed by atoms with E-state index in [4.69, 9.17) is 10.5 Å². The van der Waals surface area contributed by atoms with E-state index in [2.05, 4.69) is 5.32 Å². The number of hydrogen-bond acceptors (Lipinski definition) is 3. The Morgan fingerprint density at radius 3 is 1.57 bits per heavy atom. The molecule has 3 aromatic carbocycles. The third kappa shape index (κ3) is 7.22. The summed E-state index contributed by atoms with van der Waals surface area (Å²) >= 11 is 0. The third-order valence-corrected chi connectivity index (χ3v) is 5.61. The first-order chi connectivity index (χ1) is 16.5. The topological polar surface area (TPSA) is 47.3 Å². The van der Waals surface area contributed by atoms with Crippen molar-refractivity contribution in [3.05, 3.63) is 77.9 Å². The van der Waals surface area contributed by atoms with Crippen molar-refractivity contribution in [2.45, 2.75) is 31.2 Å². The van der Waals surface area contributed by atoms with Crippen molar-refractivity contribution in [3.63, 3.8) is 0 Å². The van der Waals surface area contributed by atoms with E-state index in [1.54, 1.807) is 25.2 Å². The molecule has 0 bridgehead atoms. The second-order valence-electron chi connectivity index (χ2n) is 8.12. The highest BCUT2D eigenvalue weighted by atomic mass is 19.4. The van der Waals surface area contributed by atoms with Crippen molar-refractivity contribution < 1.29 is 31.1 Å². The first-order valence-electron chi connectivity index (χ1n) is 11.0. The van der Waals surface area contributed by atoms with E-state index >= 15 is 0 Å². The zero-order chi connectivity index (χ0) is 25.6. The minimum absolute atomic E-state index is 0.0304. The maximum Gasteiger partial charge on any atom is 0.416 e. The van der Waals surface area contributed by atoms with Gasteiger partial charge in [-0.3, -0.25) is 0 Å². The lowest BCUT2D eigenvalue weighted by Gasteiger charge is -2.18. The summed E-state index contributed by atoms with van der Waals surface area (Å²) in [5.41, 5.74) is 6.23. The van der Waals surface area contributed by atoms with Gasteiger partial charge in [-0.2, -0.15) is 26.3 Å². The molecular weight excluding hydrogens is 470 g/mol. The summed E-state index contributed by atoms with van der Waals surface area (Å²) in [5, 5.41) is 3.15. The first kappa shape index (κ1) is 26.6. The highest BCUT2D eigenvalue weighted by Crippen LogP contribution is 2.36. The van der Waals surface area contributed by atoms with E-state index in [9.17, 15) is 26.3 Å². The van der Waals surface area contributed by atoms with Crippen LogP contribution in [0, 0.1) is 0 Å². The van der Waals surface area contributed by atoms with Gasteiger partial charge in [0.1, 0.15) is 12.4 Å². The molecule has 0 saturated carbocycles. The molecular formula is C26H26F6N2O. The Morgan fingerprint density at radius 2 is 1.20 bits per heavy atom. The molecule has 9 heteroatoms. The van der Waals surface area contributed by atoms with Gasteiger partial charge in [0.25, 0.3) is 0 Å². The van der Waals surface area contributed by atoms with Crippen LogP contribution in [0.3, 0.4) is 0 Å². The fourth-order valence-corrected chi connectivity index (χ4v) is 3.59. The molecule has 3 rings (SSSR count). The predicted octanol–water partition coefficient (Wildman–Crippen LogP) is 6.76. The molecule has 0 amide bonds. The largest absolute Gasteiger partial charge is 0.492 e. The SMILES string of the molecule is CN[C@@H](CCCN)COc1cc(-c2ccc(C(F)(F)F)cc2)cc(-c2ccc(C(F)(F)F)cc2)c1. The summed E-state index contributed by atoms with van der Waals surface area (Å²) in [6.45, 7) is 0.860. The highest BCUT2D eigenvalue weighted by molar-refractivity contribution is 5.75. The van der Waals surface area contributed by atoms with E-state index in [0.29, 0.717) is 41.2 Å². The normalized spacial score (nSPS) is 13.0. The predicted molar refractivity (Wildman–Crippen MR) is 124 cm³/mol. The van der Waals surface area contributed by atoms with Gasteiger partial charge in [-0.05, 0) is 91.2 Å². The third-order valence-electron chi connectivity index (χ3n) is 5.61. The number of ether oxygens (including phenoxy) is 1. The second-order valence-corrected chi connectivity index (χ2v) is 8.12. The standard InChI is InChI=1S/C26H26F6N2O/c1-34-23(3-2-12-33)16-35-24-14-19(17-4-8-21(9-5-17)25(27,28)29)13-20(15-24)18-6-10-22(11-7-18)26(30,31)32/h4-11,13-15,23,34H,2-3,12,16,33H2,1H3/t23-/m0/s1. The first-order valence-corrected chi connectivity index (χ1v) is 11.0. The Labute approximate surface area is 199 Å². The Balaban J connectivity index is 1.97. The Hall–Kier alpha value is -3.04. The number of likely N-dealkylation sites (N-methyl/N-ethyl adjacent to an activating group) is 1. The molecule has 0 aromatic heterocycles. The van der Waals surface area contributed by atoms with E-state index in [1.165, 1.54) is 24.3 Å². The smallest absolute Gasteiger partial charge is 0.416 e.